The van der Waals surface area contributed by atoms with Gasteiger partial charge in [0, 0.05) is 10.2 Å². The molecular weight excluding hydrogens is 386 g/mol. The summed E-state index contributed by atoms with van der Waals surface area (Å²) in [5.41, 5.74) is 1.84. The average Bonchev–Trinajstić information content (AvgIpc) is 2.78. The lowest BCUT2D eigenvalue weighted by Crippen LogP contribution is -2.55. The van der Waals surface area contributed by atoms with Crippen molar-refractivity contribution >= 4 is 17.7 Å². The van der Waals surface area contributed by atoms with Crippen LogP contribution in [0.2, 0.25) is 0 Å². The predicted octanol–water partition coefficient (Wildman–Crippen LogP) is 4.51. The Morgan fingerprint density at radius 3 is 2.17 bits per heavy atom. The minimum Gasteiger partial charge on any atom is -0.469 e. The van der Waals surface area contributed by atoms with Gasteiger partial charge < -0.3 is 4.74 Å². The first-order chi connectivity index (χ1) is 14.1. The van der Waals surface area contributed by atoms with Crippen molar-refractivity contribution < 1.29 is 14.5 Å². The molecule has 1 aliphatic heterocycles. The fourth-order valence-electron chi connectivity index (χ4n) is 5.35. The maximum absolute atomic E-state index is 13.0. The van der Waals surface area contributed by atoms with Crippen LogP contribution in [0.4, 0.5) is 0 Å². The molecule has 5 nitrogen and oxygen atoms in total. The molecule has 29 heavy (non-hydrogen) atoms. The minimum atomic E-state index is -0.871. The van der Waals surface area contributed by atoms with Crippen molar-refractivity contribution in [3.05, 3.63) is 81.9 Å². The molecule has 1 saturated carbocycles. The summed E-state index contributed by atoms with van der Waals surface area (Å²) in [6, 6.07) is 18.4. The molecule has 2 aromatic rings. The predicted molar refractivity (Wildman–Crippen MR) is 114 cm³/mol. The molecule has 2 aromatic carbocycles. The van der Waals surface area contributed by atoms with E-state index in [0.29, 0.717) is 0 Å². The maximum atomic E-state index is 13.0. The largest absolute Gasteiger partial charge is 0.469 e. The van der Waals surface area contributed by atoms with Crippen molar-refractivity contribution in [2.75, 3.05) is 12.9 Å². The Bertz CT molecular complexity index is 860. The molecule has 0 N–H and O–H groups in total. The molecule has 2 aliphatic rings. The van der Waals surface area contributed by atoms with E-state index in [2.05, 4.69) is 0 Å². The van der Waals surface area contributed by atoms with Gasteiger partial charge in [0.2, 0.25) is 6.04 Å². The van der Waals surface area contributed by atoms with E-state index >= 15 is 0 Å². The Kier molecular flexibility index (Phi) is 5.90. The second-order valence-electron chi connectivity index (χ2n) is 7.84. The highest BCUT2D eigenvalue weighted by Gasteiger charge is 2.59. The first-order valence-electron chi connectivity index (χ1n) is 10.1. The monoisotopic (exact) mass is 411 g/mol. The van der Waals surface area contributed by atoms with E-state index in [4.69, 9.17) is 4.74 Å². The number of carbonyl (C=O) groups is 1. The molecular formula is C23H25NO4S. The summed E-state index contributed by atoms with van der Waals surface area (Å²) < 4.78 is 5.18. The maximum Gasteiger partial charge on any atom is 0.310 e. The van der Waals surface area contributed by atoms with E-state index in [1.807, 2.05) is 60.7 Å². The minimum absolute atomic E-state index is 0.0165. The van der Waals surface area contributed by atoms with E-state index in [0.717, 1.165) is 29.7 Å². The summed E-state index contributed by atoms with van der Waals surface area (Å²) in [5.74, 6) is -0.544. The van der Waals surface area contributed by atoms with E-state index in [-0.39, 0.29) is 28.0 Å². The summed E-state index contributed by atoms with van der Waals surface area (Å²) in [6.07, 6.45) is 1.92. The quantitative estimate of drug-likeness (QED) is 0.420. The topological polar surface area (TPSA) is 69.4 Å². The number of hydrogen-bond donors (Lipinski definition) is 0. The van der Waals surface area contributed by atoms with Gasteiger partial charge in [-0.1, -0.05) is 60.7 Å². The van der Waals surface area contributed by atoms with Crippen LogP contribution in [0.15, 0.2) is 60.7 Å². The van der Waals surface area contributed by atoms with Crippen molar-refractivity contribution in [1.29, 1.82) is 0 Å². The van der Waals surface area contributed by atoms with Gasteiger partial charge in [0.15, 0.2) is 0 Å². The first kappa shape index (κ1) is 20.0. The van der Waals surface area contributed by atoms with Gasteiger partial charge in [-0.25, -0.2) is 0 Å². The van der Waals surface area contributed by atoms with Gasteiger partial charge >= 0.3 is 5.97 Å². The highest BCUT2D eigenvalue weighted by Crippen LogP contribution is 2.56. The molecule has 1 saturated heterocycles. The first-order valence-corrected chi connectivity index (χ1v) is 11.1. The number of rotatable bonds is 4. The summed E-state index contributed by atoms with van der Waals surface area (Å²) in [4.78, 5) is 25.3. The van der Waals surface area contributed by atoms with Crippen LogP contribution in [0.1, 0.15) is 35.8 Å². The van der Waals surface area contributed by atoms with Crippen molar-refractivity contribution in [3.63, 3.8) is 0 Å². The van der Waals surface area contributed by atoms with Gasteiger partial charge in [-0.05, 0) is 35.6 Å². The summed E-state index contributed by atoms with van der Waals surface area (Å²) in [6.45, 7) is 0. The lowest BCUT2D eigenvalue weighted by atomic mass is 9.60. The molecule has 0 radical (unpaired) electrons. The van der Waals surface area contributed by atoms with Crippen LogP contribution in [-0.4, -0.2) is 35.0 Å². The van der Waals surface area contributed by atoms with Crippen LogP contribution in [-0.2, 0) is 9.53 Å². The standard InChI is InChI=1S/C23H25NO4S/c1-28-23(25)20-19(16-11-6-3-7-12-16)21(24(26)27)18(15-9-4-2-5-10-15)17-13-8-14-29-22(17)20/h2-7,9-12,17-22H,8,13-14H2,1H3/t17-,18-,19-,20-,21-,22-/m1/s1. The number of thioether (sulfide) groups is 1. The molecule has 0 spiro atoms. The number of ether oxygens (including phenoxy) is 1. The molecule has 4 rings (SSSR count). The van der Waals surface area contributed by atoms with E-state index in [1.54, 1.807) is 11.8 Å². The Hall–Kier alpha value is -2.34. The third-order valence-electron chi connectivity index (χ3n) is 6.44. The summed E-state index contributed by atoms with van der Waals surface area (Å²) >= 11 is 1.79. The molecule has 6 atom stereocenters. The van der Waals surface area contributed by atoms with Gasteiger partial charge in [0.25, 0.3) is 0 Å². The highest BCUT2D eigenvalue weighted by atomic mass is 32.2. The zero-order chi connectivity index (χ0) is 20.4. The van der Waals surface area contributed by atoms with Crippen LogP contribution in [0, 0.1) is 22.0 Å². The third kappa shape index (κ3) is 3.66. The summed E-state index contributed by atoms with van der Waals surface area (Å²) in [7, 11) is 1.39. The van der Waals surface area contributed by atoms with Crippen LogP contribution in [0.25, 0.3) is 0 Å². The SMILES string of the molecule is COC(=O)[C@H]1[C@@H]2SCCC[C@@H]2[C@@H](c2ccccc2)[C@@H]([N+](=O)[O-])[C@@H]1c1ccccc1. The number of nitrogens with zero attached hydrogens (tertiary/aromatic N) is 1. The van der Waals surface area contributed by atoms with Gasteiger partial charge in [0.1, 0.15) is 0 Å². The van der Waals surface area contributed by atoms with Crippen LogP contribution < -0.4 is 0 Å². The summed E-state index contributed by atoms with van der Waals surface area (Å²) in [5, 5.41) is 12.5. The Morgan fingerprint density at radius 2 is 1.62 bits per heavy atom. The number of carbonyl (C=O) groups excluding carboxylic acids is 1. The number of hydrogen-bond acceptors (Lipinski definition) is 5. The fourth-order valence-corrected chi connectivity index (χ4v) is 7.00. The highest BCUT2D eigenvalue weighted by molar-refractivity contribution is 8.00. The molecule has 1 aliphatic carbocycles. The zero-order valence-corrected chi connectivity index (χ0v) is 17.2. The third-order valence-corrected chi connectivity index (χ3v) is 7.99. The second kappa shape index (κ2) is 8.57. The van der Waals surface area contributed by atoms with Gasteiger partial charge in [-0.2, -0.15) is 11.8 Å². The van der Waals surface area contributed by atoms with E-state index in [9.17, 15) is 14.9 Å². The molecule has 0 unspecified atom stereocenters. The Labute approximate surface area is 175 Å². The number of nitro groups is 1. The van der Waals surface area contributed by atoms with Crippen molar-refractivity contribution in [3.8, 4) is 0 Å². The number of benzene rings is 2. The van der Waals surface area contributed by atoms with Crippen molar-refractivity contribution in [2.45, 2.75) is 36.0 Å². The molecule has 1 heterocycles. The molecule has 0 bridgehead atoms. The van der Waals surface area contributed by atoms with Gasteiger partial charge in [-0.15, -0.1) is 0 Å². The molecule has 0 aromatic heterocycles. The molecule has 0 amide bonds. The van der Waals surface area contributed by atoms with Gasteiger partial charge in [-0.3, -0.25) is 14.9 Å². The van der Waals surface area contributed by atoms with Crippen LogP contribution in [0.5, 0.6) is 0 Å². The molecule has 6 heteroatoms. The number of esters is 1. The molecule has 152 valence electrons. The number of fused-ring (bicyclic) bond motifs is 1. The van der Waals surface area contributed by atoms with Gasteiger partial charge in [0.05, 0.1) is 24.9 Å². The van der Waals surface area contributed by atoms with Crippen molar-refractivity contribution in [1.82, 2.24) is 0 Å². The smallest absolute Gasteiger partial charge is 0.310 e. The van der Waals surface area contributed by atoms with E-state index < -0.39 is 17.9 Å². The Balaban J connectivity index is 1.91. The fraction of sp³-hybridized carbons (Fsp3) is 0.435. The van der Waals surface area contributed by atoms with Crippen LogP contribution >= 0.6 is 11.8 Å². The zero-order valence-electron chi connectivity index (χ0n) is 16.3. The Morgan fingerprint density at radius 1 is 1.03 bits per heavy atom. The average molecular weight is 412 g/mol. The lowest BCUT2D eigenvalue weighted by Gasteiger charge is -2.49. The molecule has 2 fully saturated rings. The van der Waals surface area contributed by atoms with Crippen molar-refractivity contribution in [2.24, 2.45) is 11.8 Å². The lowest BCUT2D eigenvalue weighted by molar-refractivity contribution is -0.537. The van der Waals surface area contributed by atoms with Crippen LogP contribution in [0.3, 0.4) is 0 Å². The number of methoxy groups -OCH3 is 1. The normalized spacial score (nSPS) is 31.5. The van der Waals surface area contributed by atoms with E-state index in [1.165, 1.54) is 7.11 Å². The second-order valence-corrected chi connectivity index (χ2v) is 9.13.